The van der Waals surface area contributed by atoms with Crippen molar-refractivity contribution in [2.45, 2.75) is 31.3 Å². The van der Waals surface area contributed by atoms with Gasteiger partial charge in [0.1, 0.15) is 6.04 Å². The summed E-state index contributed by atoms with van der Waals surface area (Å²) in [5.74, 6) is -0.630. The second kappa shape index (κ2) is 7.96. The van der Waals surface area contributed by atoms with Gasteiger partial charge in [-0.2, -0.15) is 0 Å². The summed E-state index contributed by atoms with van der Waals surface area (Å²) < 4.78 is 5.04. The van der Waals surface area contributed by atoms with Crippen LogP contribution in [-0.2, 0) is 19.1 Å². The Morgan fingerprint density at radius 3 is 2.20 bits per heavy atom. The van der Waals surface area contributed by atoms with Gasteiger partial charge in [0.2, 0.25) is 11.8 Å². The molecule has 3 aliphatic carbocycles. The SMILES string of the molecule is COC(=O)[C@H]1C2C=CC(CC2)[C@H]1C(=O)N1CC[C@@H](NC(=O)C2CN3CCN2CC3)C1. The van der Waals surface area contributed by atoms with Crippen LogP contribution in [0.3, 0.4) is 0 Å². The van der Waals surface area contributed by atoms with Crippen LogP contribution in [0, 0.1) is 23.7 Å². The molecule has 2 amide bonds. The Labute approximate surface area is 177 Å². The number of nitrogens with zero attached hydrogens (tertiary/aromatic N) is 3. The summed E-state index contributed by atoms with van der Waals surface area (Å²) in [6.07, 6.45) is 6.88. The number of carbonyl (C=O) groups excluding carboxylic acids is 3. The molecule has 8 heteroatoms. The molecule has 0 aromatic heterocycles. The van der Waals surface area contributed by atoms with Gasteiger partial charge >= 0.3 is 5.97 Å². The van der Waals surface area contributed by atoms with Gasteiger partial charge in [0.25, 0.3) is 0 Å². The van der Waals surface area contributed by atoms with E-state index in [0.717, 1.165) is 52.0 Å². The Balaban J connectivity index is 1.21. The van der Waals surface area contributed by atoms with Crippen molar-refractivity contribution < 1.29 is 19.1 Å². The first-order valence-electron chi connectivity index (χ1n) is 11.4. The second-order valence-electron chi connectivity index (χ2n) is 9.50. The van der Waals surface area contributed by atoms with E-state index in [2.05, 4.69) is 27.3 Å². The van der Waals surface area contributed by atoms with E-state index in [4.69, 9.17) is 4.74 Å². The van der Waals surface area contributed by atoms with E-state index in [9.17, 15) is 14.4 Å². The Kier molecular flexibility index (Phi) is 5.31. The highest BCUT2D eigenvalue weighted by Crippen LogP contribution is 2.46. The molecule has 5 fully saturated rings. The fourth-order valence-corrected chi connectivity index (χ4v) is 6.24. The van der Waals surface area contributed by atoms with Gasteiger partial charge in [-0.25, -0.2) is 0 Å². The van der Waals surface area contributed by atoms with E-state index in [1.54, 1.807) is 0 Å². The number of rotatable bonds is 4. The smallest absolute Gasteiger partial charge is 0.310 e. The first-order chi connectivity index (χ1) is 14.5. The molecule has 4 aliphatic heterocycles. The van der Waals surface area contributed by atoms with Gasteiger partial charge in [-0.05, 0) is 31.1 Å². The van der Waals surface area contributed by atoms with E-state index in [-0.39, 0.29) is 53.5 Å². The largest absolute Gasteiger partial charge is 0.469 e. The average Bonchev–Trinajstić information content (AvgIpc) is 3.27. The highest BCUT2D eigenvalue weighted by Gasteiger charge is 2.50. The number of methoxy groups -OCH3 is 1. The minimum absolute atomic E-state index is 0.00833. The molecule has 30 heavy (non-hydrogen) atoms. The summed E-state index contributed by atoms with van der Waals surface area (Å²) in [7, 11) is 1.40. The fraction of sp³-hybridized carbons (Fsp3) is 0.773. The second-order valence-corrected chi connectivity index (χ2v) is 9.50. The summed E-state index contributed by atoms with van der Waals surface area (Å²) in [6, 6.07) is -0.0776. The molecule has 0 aromatic rings. The number of carbonyl (C=O) groups is 3. The lowest BCUT2D eigenvalue weighted by Gasteiger charge is -2.46. The molecule has 4 heterocycles. The van der Waals surface area contributed by atoms with Gasteiger partial charge < -0.3 is 15.0 Å². The van der Waals surface area contributed by atoms with Gasteiger partial charge in [0.15, 0.2) is 0 Å². The summed E-state index contributed by atoms with van der Waals surface area (Å²) in [5, 5.41) is 3.19. The van der Waals surface area contributed by atoms with Crippen LogP contribution < -0.4 is 5.32 Å². The molecule has 3 unspecified atom stereocenters. The predicted octanol–water partition coefficient (Wildman–Crippen LogP) is -0.295. The van der Waals surface area contributed by atoms with E-state index >= 15 is 0 Å². The lowest BCUT2D eigenvalue weighted by Crippen LogP contribution is -2.65. The maximum atomic E-state index is 13.4. The summed E-state index contributed by atoms with van der Waals surface area (Å²) in [4.78, 5) is 45.2. The minimum atomic E-state index is -0.375. The highest BCUT2D eigenvalue weighted by molar-refractivity contribution is 5.87. The first-order valence-corrected chi connectivity index (χ1v) is 11.4. The van der Waals surface area contributed by atoms with Crippen molar-refractivity contribution in [3.05, 3.63) is 12.2 Å². The normalized spacial score (nSPS) is 41.7. The van der Waals surface area contributed by atoms with E-state index in [0.29, 0.717) is 13.1 Å². The van der Waals surface area contributed by atoms with Crippen molar-refractivity contribution in [1.29, 1.82) is 0 Å². The summed E-state index contributed by atoms with van der Waals surface area (Å²) >= 11 is 0. The maximum absolute atomic E-state index is 13.4. The Morgan fingerprint density at radius 1 is 0.900 bits per heavy atom. The van der Waals surface area contributed by atoms with Gasteiger partial charge in [-0.3, -0.25) is 24.2 Å². The van der Waals surface area contributed by atoms with Gasteiger partial charge in [0.05, 0.1) is 18.9 Å². The molecular weight excluding hydrogens is 384 g/mol. The number of piperazine rings is 3. The number of allylic oxidation sites excluding steroid dienone is 2. The quantitative estimate of drug-likeness (QED) is 0.501. The van der Waals surface area contributed by atoms with E-state index < -0.39 is 0 Å². The standard InChI is InChI=1S/C22H32N4O4/c1-30-22(29)19-15-4-2-14(3-5-15)18(19)21(28)26-7-6-16(12-26)23-20(27)17-13-24-8-10-25(17)11-9-24/h2,4,14-19H,3,5-13H2,1H3,(H,23,27)/t14?,15?,16-,17?,18-,19+/m1/s1. The number of ether oxygens (including phenoxy) is 1. The zero-order valence-electron chi connectivity index (χ0n) is 17.7. The van der Waals surface area contributed by atoms with Crippen LogP contribution in [-0.4, -0.2) is 97.5 Å². The molecule has 7 rings (SSSR count). The number of hydrogen-bond donors (Lipinski definition) is 1. The monoisotopic (exact) mass is 416 g/mol. The van der Waals surface area contributed by atoms with Crippen molar-refractivity contribution in [3.63, 3.8) is 0 Å². The van der Waals surface area contributed by atoms with Crippen molar-refractivity contribution in [3.8, 4) is 0 Å². The van der Waals surface area contributed by atoms with Crippen LogP contribution in [0.4, 0.5) is 0 Å². The number of fused-ring (bicyclic) bond motifs is 5. The third kappa shape index (κ3) is 3.43. The number of likely N-dealkylation sites (tertiary alicyclic amines) is 1. The average molecular weight is 417 g/mol. The van der Waals surface area contributed by atoms with Crippen LogP contribution in [0.25, 0.3) is 0 Å². The third-order valence-electron chi connectivity index (χ3n) is 7.93. The minimum Gasteiger partial charge on any atom is -0.469 e. The van der Waals surface area contributed by atoms with E-state index in [1.165, 1.54) is 7.11 Å². The summed E-state index contributed by atoms with van der Waals surface area (Å²) in [6.45, 7) is 5.99. The Hall–Kier alpha value is -1.93. The van der Waals surface area contributed by atoms with Gasteiger partial charge in [0, 0.05) is 51.9 Å². The van der Waals surface area contributed by atoms with Crippen molar-refractivity contribution in [2.75, 3.05) is 52.9 Å². The number of esters is 1. The van der Waals surface area contributed by atoms with Crippen molar-refractivity contribution in [1.82, 2.24) is 20.0 Å². The highest BCUT2D eigenvalue weighted by atomic mass is 16.5. The number of amides is 2. The molecule has 8 nitrogen and oxygen atoms in total. The van der Waals surface area contributed by atoms with E-state index in [1.807, 2.05) is 4.90 Å². The fourth-order valence-electron chi connectivity index (χ4n) is 6.24. The molecule has 164 valence electrons. The molecule has 6 atom stereocenters. The molecule has 1 N–H and O–H groups in total. The van der Waals surface area contributed by atoms with Crippen LogP contribution in [0.2, 0.25) is 0 Å². The molecular formula is C22H32N4O4. The predicted molar refractivity (Wildman–Crippen MR) is 109 cm³/mol. The zero-order chi connectivity index (χ0) is 20.8. The molecule has 0 aromatic carbocycles. The van der Waals surface area contributed by atoms with Gasteiger partial charge in [-0.1, -0.05) is 12.2 Å². The number of hydrogen-bond acceptors (Lipinski definition) is 6. The molecule has 4 saturated heterocycles. The first kappa shape index (κ1) is 20.0. The molecule has 0 spiro atoms. The zero-order valence-corrected chi connectivity index (χ0v) is 17.7. The summed E-state index contributed by atoms with van der Waals surface area (Å²) in [5.41, 5.74) is 0. The van der Waals surface area contributed by atoms with Crippen LogP contribution in [0.15, 0.2) is 12.2 Å². The van der Waals surface area contributed by atoms with Crippen LogP contribution in [0.5, 0.6) is 0 Å². The Morgan fingerprint density at radius 2 is 1.60 bits per heavy atom. The van der Waals surface area contributed by atoms with Crippen LogP contribution >= 0.6 is 0 Å². The molecule has 1 saturated carbocycles. The van der Waals surface area contributed by atoms with Crippen molar-refractivity contribution in [2.24, 2.45) is 23.7 Å². The molecule has 4 bridgehead atoms. The molecule has 0 radical (unpaired) electrons. The third-order valence-corrected chi connectivity index (χ3v) is 7.93. The maximum Gasteiger partial charge on any atom is 0.310 e. The molecule has 7 aliphatic rings. The Bertz CT molecular complexity index is 747. The lowest BCUT2D eigenvalue weighted by atomic mass is 9.62. The lowest BCUT2D eigenvalue weighted by molar-refractivity contribution is -0.158. The van der Waals surface area contributed by atoms with Crippen LogP contribution in [0.1, 0.15) is 19.3 Å². The van der Waals surface area contributed by atoms with Crippen molar-refractivity contribution >= 4 is 17.8 Å². The van der Waals surface area contributed by atoms with Gasteiger partial charge in [-0.15, -0.1) is 0 Å². The topological polar surface area (TPSA) is 82.2 Å². The number of nitrogens with one attached hydrogen (secondary N) is 1.